The molecule has 0 amide bonds. The van der Waals surface area contributed by atoms with Crippen molar-refractivity contribution < 1.29 is 0 Å². The van der Waals surface area contributed by atoms with Crippen LogP contribution in [0.3, 0.4) is 0 Å². The summed E-state index contributed by atoms with van der Waals surface area (Å²) in [6, 6.07) is 16.5. The van der Waals surface area contributed by atoms with Crippen LogP contribution in [-0.4, -0.2) is 5.16 Å². The average Bonchev–Trinajstić information content (AvgIpc) is 2.69. The van der Waals surface area contributed by atoms with Crippen LogP contribution in [0.25, 0.3) is 11.1 Å². The molecule has 1 aliphatic rings. The summed E-state index contributed by atoms with van der Waals surface area (Å²) in [5.41, 5.74) is 4.29. The van der Waals surface area contributed by atoms with Gasteiger partial charge in [-0.2, -0.15) is 4.99 Å². The van der Waals surface area contributed by atoms with Gasteiger partial charge in [0.15, 0.2) is 0 Å². The van der Waals surface area contributed by atoms with Crippen LogP contribution in [0.2, 0.25) is 0 Å². The molecule has 0 atom stereocenters. The Balaban J connectivity index is 1.61. The van der Waals surface area contributed by atoms with Crippen LogP contribution in [0.4, 0.5) is 5.69 Å². The van der Waals surface area contributed by atoms with Crippen molar-refractivity contribution in [3.8, 4) is 23.0 Å². The lowest BCUT2D eigenvalue weighted by molar-refractivity contribution is 0.300. The molecule has 0 aromatic heterocycles. The Morgan fingerprint density at radius 1 is 0.923 bits per heavy atom. The van der Waals surface area contributed by atoms with Gasteiger partial charge in [-0.15, -0.1) is 0 Å². The molecular formula is C24H25NS. The van der Waals surface area contributed by atoms with Gasteiger partial charge in [0.2, 0.25) is 0 Å². The molecule has 1 aliphatic carbocycles. The first-order chi connectivity index (χ1) is 12.8. The highest BCUT2D eigenvalue weighted by molar-refractivity contribution is 7.78. The first-order valence-corrected chi connectivity index (χ1v) is 9.99. The summed E-state index contributed by atoms with van der Waals surface area (Å²) in [5, 5.41) is 2.39. The van der Waals surface area contributed by atoms with Crippen molar-refractivity contribution in [2.24, 2.45) is 16.8 Å². The Morgan fingerprint density at radius 3 is 2.12 bits per heavy atom. The minimum Gasteiger partial charge on any atom is -0.195 e. The van der Waals surface area contributed by atoms with Gasteiger partial charge in [0.25, 0.3) is 0 Å². The fraction of sp³-hybridized carbons (Fsp3) is 0.375. The van der Waals surface area contributed by atoms with Crippen molar-refractivity contribution in [1.29, 1.82) is 0 Å². The lowest BCUT2D eigenvalue weighted by Crippen LogP contribution is -2.13. The van der Waals surface area contributed by atoms with E-state index in [4.69, 9.17) is 0 Å². The maximum Gasteiger partial charge on any atom is 0.0739 e. The number of thiocarbonyl (C=S) groups is 1. The van der Waals surface area contributed by atoms with Crippen LogP contribution in [0.1, 0.15) is 51.0 Å². The van der Waals surface area contributed by atoms with E-state index >= 15 is 0 Å². The number of hydrogen-bond acceptors (Lipinski definition) is 2. The van der Waals surface area contributed by atoms with Gasteiger partial charge in [-0.1, -0.05) is 55.9 Å². The number of isothiocyanates is 1. The molecule has 1 fully saturated rings. The largest absolute Gasteiger partial charge is 0.195 e. The molecule has 26 heavy (non-hydrogen) atoms. The zero-order valence-corrected chi connectivity index (χ0v) is 16.2. The Morgan fingerprint density at radius 2 is 1.54 bits per heavy atom. The van der Waals surface area contributed by atoms with E-state index in [1.807, 2.05) is 12.1 Å². The molecule has 3 rings (SSSR count). The molecule has 0 saturated heterocycles. The molecule has 0 spiro atoms. The van der Waals surface area contributed by atoms with E-state index in [1.54, 1.807) is 0 Å². The minimum atomic E-state index is 0.581. The Bertz CT molecular complexity index is 809. The molecule has 0 heterocycles. The quantitative estimate of drug-likeness (QED) is 0.324. The first kappa shape index (κ1) is 18.6. The maximum absolute atomic E-state index is 4.63. The number of benzene rings is 2. The normalized spacial score (nSPS) is 19.1. The SMILES string of the molecule is CCCC1CCC(C#Cc2ccc(-c3ccc(N=C=S)cc3)cc2)CC1. The number of rotatable bonds is 4. The highest BCUT2D eigenvalue weighted by Crippen LogP contribution is 2.31. The molecule has 2 heteroatoms. The average molecular weight is 360 g/mol. The van der Waals surface area contributed by atoms with Crippen LogP contribution in [0.5, 0.6) is 0 Å². The number of hydrogen-bond donors (Lipinski definition) is 0. The van der Waals surface area contributed by atoms with E-state index < -0.39 is 0 Å². The lowest BCUT2D eigenvalue weighted by atomic mass is 9.80. The van der Waals surface area contributed by atoms with Gasteiger partial charge < -0.3 is 0 Å². The Hall–Kier alpha value is -2.20. The highest BCUT2D eigenvalue weighted by atomic mass is 32.1. The molecule has 0 radical (unpaired) electrons. The summed E-state index contributed by atoms with van der Waals surface area (Å²) in [7, 11) is 0. The summed E-state index contributed by atoms with van der Waals surface area (Å²) < 4.78 is 0. The molecule has 0 unspecified atom stereocenters. The third kappa shape index (κ3) is 5.15. The van der Waals surface area contributed by atoms with Crippen LogP contribution >= 0.6 is 12.2 Å². The minimum absolute atomic E-state index is 0.581. The molecule has 0 N–H and O–H groups in total. The van der Waals surface area contributed by atoms with E-state index in [2.05, 4.69) is 77.5 Å². The summed E-state index contributed by atoms with van der Waals surface area (Å²) in [4.78, 5) is 3.99. The predicted molar refractivity (Wildman–Crippen MR) is 114 cm³/mol. The van der Waals surface area contributed by atoms with Crippen molar-refractivity contribution >= 4 is 23.1 Å². The fourth-order valence-electron chi connectivity index (χ4n) is 3.72. The van der Waals surface area contributed by atoms with E-state index in [9.17, 15) is 0 Å². The Kier molecular flexibility index (Phi) is 6.78. The monoisotopic (exact) mass is 359 g/mol. The fourth-order valence-corrected chi connectivity index (χ4v) is 3.82. The number of aliphatic imine (C=N–C) groups is 1. The second-order valence-corrected chi connectivity index (χ2v) is 7.29. The van der Waals surface area contributed by atoms with E-state index in [0.29, 0.717) is 5.92 Å². The van der Waals surface area contributed by atoms with Crippen LogP contribution < -0.4 is 0 Å². The van der Waals surface area contributed by atoms with Gasteiger partial charge in [0, 0.05) is 11.5 Å². The van der Waals surface area contributed by atoms with Gasteiger partial charge in [0.1, 0.15) is 0 Å². The topological polar surface area (TPSA) is 12.4 Å². The molecule has 2 aromatic carbocycles. The summed E-state index contributed by atoms with van der Waals surface area (Å²) in [5.74, 6) is 8.41. The first-order valence-electron chi connectivity index (χ1n) is 9.58. The molecule has 0 bridgehead atoms. The van der Waals surface area contributed by atoms with Crippen molar-refractivity contribution in [1.82, 2.24) is 0 Å². The van der Waals surface area contributed by atoms with Crippen molar-refractivity contribution in [3.63, 3.8) is 0 Å². The van der Waals surface area contributed by atoms with Crippen LogP contribution in [-0.2, 0) is 0 Å². The van der Waals surface area contributed by atoms with Gasteiger partial charge in [0.05, 0.1) is 10.8 Å². The summed E-state index contributed by atoms with van der Waals surface area (Å²) in [6.07, 6.45) is 7.96. The van der Waals surface area contributed by atoms with E-state index in [-0.39, 0.29) is 0 Å². The van der Waals surface area contributed by atoms with Gasteiger partial charge in [-0.25, -0.2) is 0 Å². The van der Waals surface area contributed by atoms with Gasteiger partial charge in [-0.3, -0.25) is 0 Å². The zero-order chi connectivity index (χ0) is 18.2. The predicted octanol–water partition coefficient (Wildman–Crippen LogP) is 7.05. The molecule has 1 nitrogen and oxygen atoms in total. The van der Waals surface area contributed by atoms with Gasteiger partial charge in [-0.05, 0) is 79.2 Å². The molecule has 1 saturated carbocycles. The second kappa shape index (κ2) is 9.48. The standard InChI is InChI=1S/C24H25NS/c1-2-3-19-4-6-20(7-5-19)8-9-21-10-12-22(13-11-21)23-14-16-24(17-15-23)25-18-26/h10-17,19-20H,2-7H2,1H3. The van der Waals surface area contributed by atoms with Crippen molar-refractivity contribution in [2.75, 3.05) is 0 Å². The Labute approximate surface area is 162 Å². The van der Waals surface area contributed by atoms with Crippen molar-refractivity contribution in [2.45, 2.75) is 45.4 Å². The van der Waals surface area contributed by atoms with Crippen LogP contribution in [0, 0.1) is 23.7 Å². The molecule has 2 aromatic rings. The second-order valence-electron chi connectivity index (χ2n) is 7.10. The third-order valence-corrected chi connectivity index (χ3v) is 5.32. The summed E-state index contributed by atoms with van der Waals surface area (Å²) >= 11 is 4.63. The lowest BCUT2D eigenvalue weighted by Gasteiger charge is -2.25. The maximum atomic E-state index is 4.63. The third-order valence-electron chi connectivity index (χ3n) is 5.22. The molecular weight excluding hydrogens is 334 g/mol. The smallest absolute Gasteiger partial charge is 0.0739 e. The van der Waals surface area contributed by atoms with Crippen LogP contribution in [0.15, 0.2) is 53.5 Å². The molecule has 0 aliphatic heterocycles. The van der Waals surface area contributed by atoms with Crippen molar-refractivity contribution in [3.05, 3.63) is 54.1 Å². The zero-order valence-electron chi connectivity index (χ0n) is 15.4. The number of nitrogens with zero attached hydrogens (tertiary/aromatic N) is 1. The summed E-state index contributed by atoms with van der Waals surface area (Å²) in [6.45, 7) is 2.29. The highest BCUT2D eigenvalue weighted by Gasteiger charge is 2.18. The van der Waals surface area contributed by atoms with E-state index in [0.717, 1.165) is 17.2 Å². The molecule has 132 valence electrons. The van der Waals surface area contributed by atoms with Gasteiger partial charge >= 0.3 is 0 Å². The van der Waals surface area contributed by atoms with E-state index in [1.165, 1.54) is 49.7 Å².